The summed E-state index contributed by atoms with van der Waals surface area (Å²) in [5.41, 5.74) is 3.10. The van der Waals surface area contributed by atoms with Crippen molar-refractivity contribution in [2.45, 2.75) is 0 Å². The van der Waals surface area contributed by atoms with Gasteiger partial charge in [0.15, 0.2) is 0 Å². The number of esters is 1. The average Bonchev–Trinajstić information content (AvgIpc) is 3.14. The maximum Gasteiger partial charge on any atom is 0.337 e. The summed E-state index contributed by atoms with van der Waals surface area (Å²) >= 11 is 0. The second-order valence-electron chi connectivity index (χ2n) is 6.75. The molecule has 0 atom stereocenters. The van der Waals surface area contributed by atoms with Crippen molar-refractivity contribution in [1.29, 1.82) is 0 Å². The molecule has 0 amide bonds. The van der Waals surface area contributed by atoms with E-state index in [1.807, 2.05) is 42.5 Å². The van der Waals surface area contributed by atoms with Crippen LogP contribution in [0.5, 0.6) is 5.75 Å². The van der Waals surface area contributed by atoms with Crippen LogP contribution in [-0.4, -0.2) is 35.7 Å². The van der Waals surface area contributed by atoms with Crippen LogP contribution in [0.2, 0.25) is 0 Å². The van der Waals surface area contributed by atoms with Gasteiger partial charge in [-0.15, -0.1) is 0 Å². The summed E-state index contributed by atoms with van der Waals surface area (Å²) in [7, 11) is 1.31. The van der Waals surface area contributed by atoms with E-state index in [0.29, 0.717) is 16.9 Å². The predicted octanol–water partition coefficient (Wildman–Crippen LogP) is 4.65. The van der Waals surface area contributed by atoms with Crippen molar-refractivity contribution in [2.75, 3.05) is 13.7 Å². The first kappa shape index (κ1) is 19.3. The van der Waals surface area contributed by atoms with Crippen LogP contribution in [0.15, 0.2) is 72.3 Å². The topological polar surface area (TPSA) is 88.6 Å². The van der Waals surface area contributed by atoms with Crippen LogP contribution in [0.1, 0.15) is 15.9 Å². The fourth-order valence-electron chi connectivity index (χ4n) is 3.28. The molecule has 30 heavy (non-hydrogen) atoms. The number of methoxy groups -OCH3 is 1. The zero-order valence-electron chi connectivity index (χ0n) is 16.2. The maximum absolute atomic E-state index is 11.6. The Hall–Kier alpha value is -4.06. The Morgan fingerprint density at radius 2 is 1.70 bits per heavy atom. The highest BCUT2D eigenvalue weighted by Crippen LogP contribution is 2.28. The fraction of sp³-hybridized carbons (Fsp3) is 0.0833. The number of aromatic nitrogens is 1. The Balaban J connectivity index is 1.53. The minimum atomic E-state index is -1.07. The molecule has 4 rings (SSSR count). The number of carbonyl (C=O) groups is 2. The van der Waals surface area contributed by atoms with Crippen LogP contribution in [0.3, 0.4) is 0 Å². The molecule has 0 radical (unpaired) electrons. The van der Waals surface area contributed by atoms with E-state index in [-0.39, 0.29) is 12.2 Å². The number of carboxylic acids is 1. The first-order valence-electron chi connectivity index (χ1n) is 9.30. The fourth-order valence-corrected chi connectivity index (χ4v) is 3.28. The van der Waals surface area contributed by atoms with Crippen LogP contribution in [0.4, 0.5) is 0 Å². The van der Waals surface area contributed by atoms with E-state index >= 15 is 0 Å². The number of H-pyrrole nitrogens is 1. The highest BCUT2D eigenvalue weighted by atomic mass is 16.5. The van der Waals surface area contributed by atoms with Gasteiger partial charge in [0.05, 0.1) is 23.8 Å². The van der Waals surface area contributed by atoms with Crippen LogP contribution in [0, 0.1) is 0 Å². The van der Waals surface area contributed by atoms with Gasteiger partial charge >= 0.3 is 11.9 Å². The summed E-state index contributed by atoms with van der Waals surface area (Å²) in [6.07, 6.45) is 1.52. The van der Waals surface area contributed by atoms with Crippen molar-refractivity contribution < 1.29 is 24.2 Å². The third-order valence-electron chi connectivity index (χ3n) is 4.82. The van der Waals surface area contributed by atoms with Crippen LogP contribution < -0.4 is 4.74 Å². The number of aromatic amines is 1. The molecule has 4 aromatic rings. The molecule has 3 aromatic carbocycles. The van der Waals surface area contributed by atoms with Gasteiger partial charge in [0.1, 0.15) is 12.4 Å². The smallest absolute Gasteiger partial charge is 0.337 e. The Morgan fingerprint density at radius 1 is 0.967 bits per heavy atom. The normalized spacial score (nSPS) is 11.6. The van der Waals surface area contributed by atoms with Gasteiger partial charge in [-0.25, -0.2) is 9.59 Å². The van der Waals surface area contributed by atoms with Gasteiger partial charge in [0, 0.05) is 22.4 Å². The minimum Gasteiger partial charge on any atom is -0.489 e. The van der Waals surface area contributed by atoms with Gasteiger partial charge in [0.2, 0.25) is 0 Å². The van der Waals surface area contributed by atoms with Gasteiger partial charge in [-0.3, -0.25) is 0 Å². The molecule has 0 saturated carbocycles. The van der Waals surface area contributed by atoms with Gasteiger partial charge < -0.3 is 19.6 Å². The second-order valence-corrected chi connectivity index (χ2v) is 6.75. The lowest BCUT2D eigenvalue weighted by Gasteiger charge is -2.08. The summed E-state index contributed by atoms with van der Waals surface area (Å²) in [4.78, 5) is 26.5. The van der Waals surface area contributed by atoms with Crippen molar-refractivity contribution >= 4 is 39.8 Å². The highest BCUT2D eigenvalue weighted by molar-refractivity contribution is 6.07. The summed E-state index contributed by atoms with van der Waals surface area (Å²) in [5, 5.41) is 11.7. The third-order valence-corrected chi connectivity index (χ3v) is 4.82. The molecule has 6 nitrogen and oxygen atoms in total. The largest absolute Gasteiger partial charge is 0.489 e. The highest BCUT2D eigenvalue weighted by Gasteiger charge is 2.11. The Bertz CT molecular complexity index is 1270. The molecule has 0 saturated heterocycles. The molecule has 0 aliphatic carbocycles. The molecule has 6 heteroatoms. The van der Waals surface area contributed by atoms with Gasteiger partial charge in [-0.05, 0) is 42.0 Å². The lowest BCUT2D eigenvalue weighted by atomic mass is 10.1. The molecule has 2 N–H and O–H groups in total. The van der Waals surface area contributed by atoms with Crippen molar-refractivity contribution in [3.8, 4) is 5.75 Å². The number of carbonyl (C=O) groups excluding carboxylic acids is 1. The second kappa shape index (κ2) is 8.13. The van der Waals surface area contributed by atoms with Crippen molar-refractivity contribution in [3.63, 3.8) is 0 Å². The van der Waals surface area contributed by atoms with Gasteiger partial charge in [-0.1, -0.05) is 30.3 Å². The molecule has 150 valence electrons. The quantitative estimate of drug-likeness (QED) is 0.363. The van der Waals surface area contributed by atoms with Crippen molar-refractivity contribution in [1.82, 2.24) is 4.98 Å². The Morgan fingerprint density at radius 3 is 2.43 bits per heavy atom. The zero-order chi connectivity index (χ0) is 21.1. The van der Waals surface area contributed by atoms with E-state index in [2.05, 4.69) is 9.72 Å². The number of carboxylic acid groups (broad SMARTS) is 1. The number of aliphatic carboxylic acids is 1. The van der Waals surface area contributed by atoms with E-state index < -0.39 is 11.9 Å². The number of fused-ring (bicyclic) bond motifs is 3. The maximum atomic E-state index is 11.6. The van der Waals surface area contributed by atoms with Crippen molar-refractivity contribution in [2.24, 2.45) is 0 Å². The number of ether oxygens (including phenoxy) is 2. The lowest BCUT2D eigenvalue weighted by molar-refractivity contribution is -0.132. The van der Waals surface area contributed by atoms with Crippen LogP contribution >= 0.6 is 0 Å². The Labute approximate surface area is 172 Å². The molecular formula is C24H19NO5. The monoisotopic (exact) mass is 401 g/mol. The van der Waals surface area contributed by atoms with Gasteiger partial charge in [0.25, 0.3) is 0 Å². The summed E-state index contributed by atoms with van der Waals surface area (Å²) in [6, 6.07) is 20.1. The number of hydrogen-bond acceptors (Lipinski definition) is 4. The molecule has 0 spiro atoms. The van der Waals surface area contributed by atoms with Crippen LogP contribution in [-0.2, 0) is 9.53 Å². The first-order chi connectivity index (χ1) is 14.5. The van der Waals surface area contributed by atoms with Gasteiger partial charge in [-0.2, -0.15) is 0 Å². The molecule has 1 heterocycles. The molecule has 0 fully saturated rings. The van der Waals surface area contributed by atoms with E-state index in [9.17, 15) is 14.7 Å². The standard InChI is InChI=1S/C24H19NO5/c1-29-24(28)16-8-6-15(7-9-16)12-17(23(26)27)14-30-18-10-11-20-19-4-2-3-5-21(19)25-22(20)13-18/h2-13,25H,14H2,1H3,(H,26,27). The number of hydrogen-bond donors (Lipinski definition) is 2. The van der Waals surface area contributed by atoms with E-state index in [4.69, 9.17) is 4.74 Å². The number of nitrogens with one attached hydrogen (secondary N) is 1. The van der Waals surface area contributed by atoms with E-state index in [0.717, 1.165) is 21.8 Å². The lowest BCUT2D eigenvalue weighted by Crippen LogP contribution is -2.10. The predicted molar refractivity (Wildman–Crippen MR) is 115 cm³/mol. The van der Waals surface area contributed by atoms with E-state index in [1.54, 1.807) is 24.3 Å². The SMILES string of the molecule is COC(=O)c1ccc(C=C(COc2ccc3c(c2)[nH]c2ccccc23)C(=O)O)cc1. The average molecular weight is 401 g/mol. The minimum absolute atomic E-state index is 0.0950. The number of benzene rings is 3. The zero-order valence-corrected chi connectivity index (χ0v) is 16.2. The molecule has 0 bridgehead atoms. The molecule has 0 aliphatic rings. The van der Waals surface area contributed by atoms with E-state index in [1.165, 1.54) is 13.2 Å². The number of rotatable bonds is 6. The number of para-hydroxylation sites is 1. The molecule has 1 aromatic heterocycles. The van der Waals surface area contributed by atoms with Crippen molar-refractivity contribution in [3.05, 3.63) is 83.4 Å². The summed E-state index contributed by atoms with van der Waals surface area (Å²) in [5.74, 6) is -0.944. The Kier molecular flexibility index (Phi) is 5.22. The molecule has 0 aliphatic heterocycles. The summed E-state index contributed by atoms with van der Waals surface area (Å²) < 4.78 is 10.4. The molecule has 0 unspecified atom stereocenters. The molecular weight excluding hydrogens is 382 g/mol. The van der Waals surface area contributed by atoms with Crippen LogP contribution in [0.25, 0.3) is 27.9 Å². The first-order valence-corrected chi connectivity index (χ1v) is 9.30. The third kappa shape index (κ3) is 3.89. The summed E-state index contributed by atoms with van der Waals surface area (Å²) in [6.45, 7) is -0.0974.